The molecule has 1 aliphatic rings. The van der Waals surface area contributed by atoms with Crippen molar-refractivity contribution in [1.29, 1.82) is 0 Å². The number of carbonyl (C=O) groups is 2. The molecular weight excluding hydrogens is 186 g/mol. The van der Waals surface area contributed by atoms with Crippen molar-refractivity contribution >= 4 is 12.1 Å². The zero-order valence-electron chi connectivity index (χ0n) is 8.40. The van der Waals surface area contributed by atoms with E-state index in [9.17, 15) is 9.59 Å². The Morgan fingerprint density at radius 3 is 2.86 bits per heavy atom. The Balaban J connectivity index is 2.48. The Hall–Kier alpha value is -1.26. The minimum Gasteiger partial charge on any atom is -0.481 e. The zero-order valence-corrected chi connectivity index (χ0v) is 8.40. The maximum Gasteiger partial charge on any atom is 0.410 e. The van der Waals surface area contributed by atoms with Crippen LogP contribution in [0.5, 0.6) is 0 Å². The molecule has 0 aliphatic carbocycles. The summed E-state index contributed by atoms with van der Waals surface area (Å²) in [5.74, 6) is -0.989. The Bertz CT molecular complexity index is 241. The van der Waals surface area contributed by atoms with Crippen LogP contribution in [0.1, 0.15) is 20.3 Å². The molecular formula is C9H15NO4. The highest BCUT2D eigenvalue weighted by Crippen LogP contribution is 2.20. The van der Waals surface area contributed by atoms with Gasteiger partial charge in [-0.3, -0.25) is 4.79 Å². The first-order chi connectivity index (χ1) is 6.54. The summed E-state index contributed by atoms with van der Waals surface area (Å²) in [6, 6.07) is 0. The van der Waals surface area contributed by atoms with Gasteiger partial charge < -0.3 is 14.7 Å². The summed E-state index contributed by atoms with van der Waals surface area (Å²) < 4.78 is 5.05. The van der Waals surface area contributed by atoms with Gasteiger partial charge in [-0.05, 0) is 6.92 Å². The highest BCUT2D eigenvalue weighted by Gasteiger charge is 2.34. The normalized spacial score (nSPS) is 23.4. The third kappa shape index (κ3) is 2.37. The molecule has 2 atom stereocenters. The number of hydrogen-bond acceptors (Lipinski definition) is 3. The van der Waals surface area contributed by atoms with Crippen molar-refractivity contribution in [3.8, 4) is 0 Å². The maximum atomic E-state index is 11.2. The number of rotatable bonds is 4. The molecule has 0 aromatic heterocycles. The minimum atomic E-state index is -0.858. The Kier molecular flexibility index (Phi) is 3.33. The van der Waals surface area contributed by atoms with Crippen LogP contribution in [0, 0.1) is 5.92 Å². The zero-order chi connectivity index (χ0) is 10.7. The molecule has 0 aromatic carbocycles. The van der Waals surface area contributed by atoms with E-state index < -0.39 is 5.97 Å². The van der Waals surface area contributed by atoms with Gasteiger partial charge >= 0.3 is 12.1 Å². The Morgan fingerprint density at radius 1 is 1.79 bits per heavy atom. The number of hydrogen-bond donors (Lipinski definition) is 1. The number of carboxylic acid groups (broad SMARTS) is 1. The number of ether oxygens (including phenoxy) is 1. The molecule has 2 unspecified atom stereocenters. The van der Waals surface area contributed by atoms with Gasteiger partial charge in [0.1, 0.15) is 6.10 Å². The molecule has 1 amide bonds. The molecule has 0 spiro atoms. The molecule has 0 radical (unpaired) electrons. The maximum absolute atomic E-state index is 11.2. The van der Waals surface area contributed by atoms with E-state index in [-0.39, 0.29) is 24.5 Å². The van der Waals surface area contributed by atoms with Gasteiger partial charge in [0, 0.05) is 12.5 Å². The van der Waals surface area contributed by atoms with E-state index in [1.54, 1.807) is 11.8 Å². The summed E-state index contributed by atoms with van der Waals surface area (Å²) in [5.41, 5.74) is 0. The van der Waals surface area contributed by atoms with Gasteiger partial charge in [-0.25, -0.2) is 4.79 Å². The van der Waals surface area contributed by atoms with Crippen molar-refractivity contribution in [2.75, 3.05) is 13.1 Å². The highest BCUT2D eigenvalue weighted by atomic mass is 16.6. The molecule has 1 N–H and O–H groups in total. The molecule has 1 rings (SSSR count). The number of carbonyl (C=O) groups excluding carboxylic acids is 1. The highest BCUT2D eigenvalue weighted by molar-refractivity contribution is 5.70. The second kappa shape index (κ2) is 4.30. The van der Waals surface area contributed by atoms with Crippen LogP contribution in [0.25, 0.3) is 0 Å². The van der Waals surface area contributed by atoms with E-state index in [2.05, 4.69) is 0 Å². The van der Waals surface area contributed by atoms with Crippen LogP contribution in [-0.4, -0.2) is 41.3 Å². The minimum absolute atomic E-state index is 0.0372. The van der Waals surface area contributed by atoms with E-state index >= 15 is 0 Å². The fraction of sp³-hybridized carbons (Fsp3) is 0.778. The van der Waals surface area contributed by atoms with E-state index in [0.717, 1.165) is 0 Å². The molecule has 5 heteroatoms. The Labute approximate surface area is 82.6 Å². The predicted molar refractivity (Wildman–Crippen MR) is 48.9 cm³/mol. The predicted octanol–water partition coefficient (Wildman–Crippen LogP) is 0.938. The summed E-state index contributed by atoms with van der Waals surface area (Å²) in [6.07, 6.45) is -0.580. The summed E-state index contributed by atoms with van der Waals surface area (Å²) in [4.78, 5) is 23.2. The van der Waals surface area contributed by atoms with Gasteiger partial charge in [0.25, 0.3) is 0 Å². The molecule has 1 aliphatic heterocycles. The topological polar surface area (TPSA) is 66.8 Å². The van der Waals surface area contributed by atoms with Crippen LogP contribution in [0.3, 0.4) is 0 Å². The number of amides is 1. The number of aliphatic carboxylic acids is 1. The van der Waals surface area contributed by atoms with Crippen LogP contribution in [0.15, 0.2) is 0 Å². The summed E-state index contributed by atoms with van der Waals surface area (Å²) in [5, 5.41) is 8.58. The average Bonchev–Trinajstić information content (AvgIpc) is 2.45. The van der Waals surface area contributed by atoms with E-state index in [4.69, 9.17) is 9.84 Å². The molecule has 1 heterocycles. The number of cyclic esters (lactones) is 1. The number of likely N-dealkylation sites (N-methyl/N-ethyl adjacent to an activating group) is 1. The van der Waals surface area contributed by atoms with Crippen LogP contribution in [0.2, 0.25) is 0 Å². The molecule has 80 valence electrons. The van der Waals surface area contributed by atoms with Crippen LogP contribution < -0.4 is 0 Å². The number of carboxylic acids is 1. The van der Waals surface area contributed by atoms with E-state index in [1.165, 1.54) is 0 Å². The lowest BCUT2D eigenvalue weighted by atomic mass is 10.0. The van der Waals surface area contributed by atoms with Crippen molar-refractivity contribution in [3.63, 3.8) is 0 Å². The first-order valence-electron chi connectivity index (χ1n) is 4.72. The SMILES string of the molecule is CCN1CC(C(C)CC(=O)O)OC1=O. The van der Waals surface area contributed by atoms with Crippen molar-refractivity contribution in [1.82, 2.24) is 4.90 Å². The third-order valence-electron chi connectivity index (χ3n) is 2.42. The number of nitrogens with zero attached hydrogens (tertiary/aromatic N) is 1. The third-order valence-corrected chi connectivity index (χ3v) is 2.42. The lowest BCUT2D eigenvalue weighted by Crippen LogP contribution is -2.27. The van der Waals surface area contributed by atoms with Crippen LogP contribution in [-0.2, 0) is 9.53 Å². The first kappa shape index (κ1) is 10.8. The van der Waals surface area contributed by atoms with Gasteiger partial charge in [-0.15, -0.1) is 0 Å². The quantitative estimate of drug-likeness (QED) is 0.735. The molecule has 1 saturated heterocycles. The molecule has 0 bridgehead atoms. The summed E-state index contributed by atoms with van der Waals surface area (Å²) in [6.45, 7) is 4.76. The van der Waals surface area contributed by atoms with E-state index in [0.29, 0.717) is 13.1 Å². The Morgan fingerprint density at radius 2 is 2.43 bits per heavy atom. The lowest BCUT2D eigenvalue weighted by Gasteiger charge is -2.14. The molecule has 0 aromatic rings. The summed E-state index contributed by atoms with van der Waals surface area (Å²) >= 11 is 0. The van der Waals surface area contributed by atoms with Crippen LogP contribution in [0.4, 0.5) is 4.79 Å². The standard InChI is InChI=1S/C9H15NO4/c1-3-10-5-7(14-9(10)13)6(2)4-8(11)12/h6-7H,3-5H2,1-2H3,(H,11,12). The van der Waals surface area contributed by atoms with Crippen molar-refractivity contribution in [3.05, 3.63) is 0 Å². The molecule has 1 fully saturated rings. The van der Waals surface area contributed by atoms with Crippen molar-refractivity contribution in [2.45, 2.75) is 26.4 Å². The fourth-order valence-corrected chi connectivity index (χ4v) is 1.49. The van der Waals surface area contributed by atoms with Gasteiger partial charge in [0.2, 0.25) is 0 Å². The largest absolute Gasteiger partial charge is 0.481 e. The van der Waals surface area contributed by atoms with Gasteiger partial charge in [0.05, 0.1) is 13.0 Å². The van der Waals surface area contributed by atoms with Crippen molar-refractivity contribution < 1.29 is 19.4 Å². The molecule has 0 saturated carbocycles. The van der Waals surface area contributed by atoms with Crippen molar-refractivity contribution in [2.24, 2.45) is 5.92 Å². The fourth-order valence-electron chi connectivity index (χ4n) is 1.49. The van der Waals surface area contributed by atoms with Gasteiger partial charge in [-0.1, -0.05) is 6.92 Å². The second-order valence-corrected chi connectivity index (χ2v) is 3.54. The van der Waals surface area contributed by atoms with E-state index in [1.807, 2.05) is 6.92 Å². The molecule has 14 heavy (non-hydrogen) atoms. The monoisotopic (exact) mass is 201 g/mol. The average molecular weight is 201 g/mol. The first-order valence-corrected chi connectivity index (χ1v) is 4.72. The smallest absolute Gasteiger partial charge is 0.410 e. The van der Waals surface area contributed by atoms with Crippen LogP contribution >= 0.6 is 0 Å². The molecule has 5 nitrogen and oxygen atoms in total. The van der Waals surface area contributed by atoms with Gasteiger partial charge in [-0.2, -0.15) is 0 Å². The second-order valence-electron chi connectivity index (χ2n) is 3.54. The van der Waals surface area contributed by atoms with Gasteiger partial charge in [0.15, 0.2) is 0 Å². The summed E-state index contributed by atoms with van der Waals surface area (Å²) in [7, 11) is 0. The lowest BCUT2D eigenvalue weighted by molar-refractivity contribution is -0.138.